The van der Waals surface area contributed by atoms with Gasteiger partial charge in [0.05, 0.1) is 13.0 Å². The Balaban J connectivity index is 2.29. The van der Waals surface area contributed by atoms with Crippen molar-refractivity contribution in [2.75, 3.05) is 39.8 Å². The second kappa shape index (κ2) is 12.0. The SMILES string of the molecule is CCN(CC)C(=O)CN(C)C(=O)COC(=O)CCNC(=O)c1ccc(Cl)cc1. The van der Waals surface area contributed by atoms with Crippen LogP contribution in [0.3, 0.4) is 0 Å². The number of nitrogens with one attached hydrogen (secondary N) is 1. The second-order valence-corrected chi connectivity index (χ2v) is 6.43. The third-order valence-electron chi connectivity index (χ3n) is 3.99. The molecular formula is C19H26ClN3O5. The number of amides is 3. The molecule has 0 aliphatic carbocycles. The summed E-state index contributed by atoms with van der Waals surface area (Å²) in [5.74, 6) is -1.60. The van der Waals surface area contributed by atoms with Gasteiger partial charge in [0.25, 0.3) is 11.8 Å². The molecule has 0 spiro atoms. The number of rotatable bonds is 10. The first-order valence-electron chi connectivity index (χ1n) is 8.99. The quantitative estimate of drug-likeness (QED) is 0.586. The van der Waals surface area contributed by atoms with E-state index in [-0.39, 0.29) is 31.3 Å². The normalized spacial score (nSPS) is 10.1. The first-order valence-corrected chi connectivity index (χ1v) is 9.37. The van der Waals surface area contributed by atoms with Crippen molar-refractivity contribution in [1.29, 1.82) is 0 Å². The van der Waals surface area contributed by atoms with Crippen LogP contribution in [-0.2, 0) is 19.1 Å². The van der Waals surface area contributed by atoms with Gasteiger partial charge in [-0.25, -0.2) is 0 Å². The van der Waals surface area contributed by atoms with Gasteiger partial charge in [0.2, 0.25) is 5.91 Å². The summed E-state index contributed by atoms with van der Waals surface area (Å²) in [5.41, 5.74) is 0.424. The number of likely N-dealkylation sites (N-methyl/N-ethyl adjacent to an activating group) is 2. The highest BCUT2D eigenvalue weighted by molar-refractivity contribution is 6.30. The van der Waals surface area contributed by atoms with Crippen LogP contribution in [0.5, 0.6) is 0 Å². The topological polar surface area (TPSA) is 96.0 Å². The van der Waals surface area contributed by atoms with Gasteiger partial charge in [-0.05, 0) is 38.1 Å². The van der Waals surface area contributed by atoms with E-state index >= 15 is 0 Å². The van der Waals surface area contributed by atoms with Crippen molar-refractivity contribution in [3.05, 3.63) is 34.9 Å². The molecule has 1 rings (SSSR count). The first-order chi connectivity index (χ1) is 13.3. The Bertz CT molecular complexity index is 689. The number of nitrogens with zero attached hydrogens (tertiary/aromatic N) is 2. The molecule has 1 aromatic carbocycles. The Labute approximate surface area is 169 Å². The van der Waals surface area contributed by atoms with Crippen LogP contribution in [0.15, 0.2) is 24.3 Å². The molecule has 0 saturated heterocycles. The predicted molar refractivity (Wildman–Crippen MR) is 105 cm³/mol. The smallest absolute Gasteiger partial charge is 0.308 e. The van der Waals surface area contributed by atoms with Crippen LogP contribution in [0, 0.1) is 0 Å². The summed E-state index contributed by atoms with van der Waals surface area (Å²) in [4.78, 5) is 50.4. The van der Waals surface area contributed by atoms with Crippen LogP contribution < -0.4 is 5.32 Å². The van der Waals surface area contributed by atoms with Crippen molar-refractivity contribution < 1.29 is 23.9 Å². The Morgan fingerprint density at radius 2 is 1.64 bits per heavy atom. The lowest BCUT2D eigenvalue weighted by molar-refractivity contribution is -0.152. The summed E-state index contributed by atoms with van der Waals surface area (Å²) in [6.07, 6.45) is -0.0747. The molecule has 0 aliphatic rings. The van der Waals surface area contributed by atoms with Gasteiger partial charge in [-0.3, -0.25) is 19.2 Å². The van der Waals surface area contributed by atoms with Crippen LogP contribution >= 0.6 is 11.6 Å². The lowest BCUT2D eigenvalue weighted by Crippen LogP contribution is -2.42. The summed E-state index contributed by atoms with van der Waals surface area (Å²) < 4.78 is 4.90. The fraction of sp³-hybridized carbons (Fsp3) is 0.474. The highest BCUT2D eigenvalue weighted by Crippen LogP contribution is 2.09. The Hall–Kier alpha value is -2.61. The Morgan fingerprint density at radius 1 is 1.04 bits per heavy atom. The maximum atomic E-state index is 12.0. The standard InChI is InChI=1S/C19H26ClN3O5/c1-4-23(5-2)16(24)12-22(3)17(25)13-28-18(26)10-11-21-19(27)14-6-8-15(20)9-7-14/h6-9H,4-5,10-13H2,1-3H3,(H,21,27). The molecule has 28 heavy (non-hydrogen) atoms. The zero-order valence-electron chi connectivity index (χ0n) is 16.4. The van der Waals surface area contributed by atoms with E-state index in [1.807, 2.05) is 13.8 Å². The minimum Gasteiger partial charge on any atom is -0.456 e. The minimum atomic E-state index is -0.617. The number of ether oxygens (including phenoxy) is 1. The number of carbonyl (C=O) groups is 4. The summed E-state index contributed by atoms with van der Waals surface area (Å²) in [6, 6.07) is 6.34. The third kappa shape index (κ3) is 7.96. The molecule has 8 nitrogen and oxygen atoms in total. The molecule has 9 heteroatoms. The molecule has 3 amide bonds. The molecular weight excluding hydrogens is 386 g/mol. The average molecular weight is 412 g/mol. The van der Waals surface area contributed by atoms with E-state index in [0.29, 0.717) is 23.7 Å². The largest absolute Gasteiger partial charge is 0.456 e. The molecule has 154 valence electrons. The fourth-order valence-electron chi connectivity index (χ4n) is 2.27. The van der Waals surface area contributed by atoms with E-state index in [2.05, 4.69) is 5.32 Å². The lowest BCUT2D eigenvalue weighted by Gasteiger charge is -2.23. The van der Waals surface area contributed by atoms with Crippen LogP contribution in [0.25, 0.3) is 0 Å². The van der Waals surface area contributed by atoms with E-state index in [1.54, 1.807) is 29.2 Å². The van der Waals surface area contributed by atoms with E-state index in [4.69, 9.17) is 16.3 Å². The van der Waals surface area contributed by atoms with Gasteiger partial charge in [0.1, 0.15) is 0 Å². The molecule has 0 radical (unpaired) electrons. The average Bonchev–Trinajstić information content (AvgIpc) is 2.67. The summed E-state index contributed by atoms with van der Waals surface area (Å²) in [6.45, 7) is 4.39. The minimum absolute atomic E-state index is 0.0742. The molecule has 0 aromatic heterocycles. The number of carbonyl (C=O) groups excluding carboxylic acids is 4. The van der Waals surface area contributed by atoms with Crippen molar-refractivity contribution in [2.24, 2.45) is 0 Å². The van der Waals surface area contributed by atoms with Crippen molar-refractivity contribution in [1.82, 2.24) is 15.1 Å². The molecule has 1 aromatic rings. The zero-order chi connectivity index (χ0) is 21.1. The predicted octanol–water partition coefficient (Wildman–Crippen LogP) is 1.33. The highest BCUT2D eigenvalue weighted by atomic mass is 35.5. The molecule has 0 bridgehead atoms. The molecule has 0 aliphatic heterocycles. The van der Waals surface area contributed by atoms with Gasteiger partial charge in [0.15, 0.2) is 6.61 Å². The van der Waals surface area contributed by atoms with Crippen LogP contribution in [0.2, 0.25) is 5.02 Å². The van der Waals surface area contributed by atoms with Gasteiger partial charge in [0, 0.05) is 37.3 Å². The van der Waals surface area contributed by atoms with Crippen LogP contribution in [-0.4, -0.2) is 73.3 Å². The summed E-state index contributed by atoms with van der Waals surface area (Å²) in [5, 5.41) is 3.10. The third-order valence-corrected chi connectivity index (χ3v) is 4.24. The van der Waals surface area contributed by atoms with Gasteiger partial charge in [-0.2, -0.15) is 0 Å². The van der Waals surface area contributed by atoms with Crippen molar-refractivity contribution >= 4 is 35.3 Å². The molecule has 0 heterocycles. The number of halogens is 1. The molecule has 0 fully saturated rings. The van der Waals surface area contributed by atoms with E-state index in [0.717, 1.165) is 0 Å². The number of hydrogen-bond acceptors (Lipinski definition) is 5. The fourth-order valence-corrected chi connectivity index (χ4v) is 2.40. The van der Waals surface area contributed by atoms with Crippen molar-refractivity contribution in [3.63, 3.8) is 0 Å². The molecule has 0 atom stereocenters. The van der Waals surface area contributed by atoms with E-state index in [9.17, 15) is 19.2 Å². The Kier molecular flexibility index (Phi) is 10.0. The maximum absolute atomic E-state index is 12.0. The monoisotopic (exact) mass is 411 g/mol. The van der Waals surface area contributed by atoms with Gasteiger partial charge in [-0.15, -0.1) is 0 Å². The van der Waals surface area contributed by atoms with Gasteiger partial charge >= 0.3 is 5.97 Å². The summed E-state index contributed by atoms with van der Waals surface area (Å²) in [7, 11) is 1.48. The van der Waals surface area contributed by atoms with E-state index in [1.165, 1.54) is 11.9 Å². The van der Waals surface area contributed by atoms with Crippen LogP contribution in [0.1, 0.15) is 30.6 Å². The highest BCUT2D eigenvalue weighted by Gasteiger charge is 2.18. The zero-order valence-corrected chi connectivity index (χ0v) is 17.1. The second-order valence-electron chi connectivity index (χ2n) is 5.99. The lowest BCUT2D eigenvalue weighted by atomic mass is 10.2. The Morgan fingerprint density at radius 3 is 2.21 bits per heavy atom. The van der Waals surface area contributed by atoms with Gasteiger partial charge in [-0.1, -0.05) is 11.6 Å². The molecule has 1 N–H and O–H groups in total. The number of esters is 1. The van der Waals surface area contributed by atoms with Gasteiger partial charge < -0.3 is 19.9 Å². The van der Waals surface area contributed by atoms with Crippen molar-refractivity contribution in [2.45, 2.75) is 20.3 Å². The number of hydrogen-bond donors (Lipinski definition) is 1. The molecule has 0 saturated carbocycles. The maximum Gasteiger partial charge on any atom is 0.308 e. The number of benzene rings is 1. The first kappa shape index (κ1) is 23.4. The molecule has 0 unspecified atom stereocenters. The van der Waals surface area contributed by atoms with Crippen LogP contribution in [0.4, 0.5) is 0 Å². The van der Waals surface area contributed by atoms with E-state index < -0.39 is 18.5 Å². The summed E-state index contributed by atoms with van der Waals surface area (Å²) >= 11 is 5.76. The van der Waals surface area contributed by atoms with Crippen molar-refractivity contribution in [3.8, 4) is 0 Å².